The molecule has 0 saturated heterocycles. The Labute approximate surface area is 193 Å². The Hall–Kier alpha value is 0.199. The van der Waals surface area contributed by atoms with Gasteiger partial charge in [-0.25, -0.2) is 0 Å². The molecule has 0 amide bonds. The Bertz CT molecular complexity index is 648. The SMILES string of the molecule is CCCCCCc1ccc(-c2scc[c]2[Sn]([CH2]CCC)([CH2]CCC)[CH2]CCC)s1. The molecule has 0 nitrogen and oxygen atoms in total. The third kappa shape index (κ3) is 7.68. The van der Waals surface area contributed by atoms with Crippen LogP contribution < -0.4 is 3.58 Å². The van der Waals surface area contributed by atoms with Crippen LogP contribution in [0.2, 0.25) is 13.3 Å². The Morgan fingerprint density at radius 2 is 1.31 bits per heavy atom. The molecule has 2 rings (SSSR count). The normalized spacial score (nSPS) is 12.0. The van der Waals surface area contributed by atoms with Crippen LogP contribution in [0.1, 0.15) is 96.8 Å². The van der Waals surface area contributed by atoms with Crippen molar-refractivity contribution >= 4 is 44.6 Å². The Morgan fingerprint density at radius 3 is 1.90 bits per heavy atom. The molecule has 2 aromatic heterocycles. The summed E-state index contributed by atoms with van der Waals surface area (Å²) >= 11 is 1.79. The van der Waals surface area contributed by atoms with E-state index in [9.17, 15) is 0 Å². The molecule has 0 atom stereocenters. The molecule has 0 unspecified atom stereocenters. The molecule has 29 heavy (non-hydrogen) atoms. The third-order valence-corrected chi connectivity index (χ3v) is 24.9. The van der Waals surface area contributed by atoms with Crippen LogP contribution >= 0.6 is 22.7 Å². The molecule has 0 bridgehead atoms. The van der Waals surface area contributed by atoms with E-state index in [2.05, 4.69) is 62.6 Å². The van der Waals surface area contributed by atoms with Crippen molar-refractivity contribution in [1.82, 2.24) is 0 Å². The summed E-state index contributed by atoms with van der Waals surface area (Å²) in [4.78, 5) is 4.85. The molecule has 164 valence electrons. The Kier molecular flexibility index (Phi) is 12.6. The van der Waals surface area contributed by atoms with E-state index in [0.717, 1.165) is 0 Å². The maximum atomic E-state index is 2.58. The summed E-state index contributed by atoms with van der Waals surface area (Å²) in [6.45, 7) is 9.45. The van der Waals surface area contributed by atoms with Crippen molar-refractivity contribution in [3.63, 3.8) is 0 Å². The molecule has 0 aliphatic carbocycles. The average Bonchev–Trinajstić information content (AvgIpc) is 3.41. The summed E-state index contributed by atoms with van der Waals surface area (Å²) in [6, 6.07) is 7.46. The van der Waals surface area contributed by atoms with Crippen LogP contribution in [0.5, 0.6) is 0 Å². The van der Waals surface area contributed by atoms with Crippen molar-refractivity contribution in [2.75, 3.05) is 0 Å². The van der Waals surface area contributed by atoms with Crippen molar-refractivity contribution in [1.29, 1.82) is 0 Å². The van der Waals surface area contributed by atoms with Gasteiger partial charge in [0.25, 0.3) is 0 Å². The third-order valence-electron chi connectivity index (χ3n) is 6.43. The second-order valence-electron chi connectivity index (χ2n) is 8.83. The van der Waals surface area contributed by atoms with Crippen LogP contribution in [0, 0.1) is 0 Å². The predicted octanol–water partition coefficient (Wildman–Crippen LogP) is 9.66. The molecule has 0 fully saturated rings. The quantitative estimate of drug-likeness (QED) is 0.147. The van der Waals surface area contributed by atoms with Gasteiger partial charge in [0.05, 0.1) is 0 Å². The molecule has 0 aromatic carbocycles. The molecule has 2 heterocycles. The zero-order valence-corrected chi connectivity index (χ0v) is 24.0. The molecular formula is C26H44S2Sn. The number of thiophene rings is 2. The summed E-state index contributed by atoms with van der Waals surface area (Å²) in [5, 5.41) is 2.42. The minimum atomic E-state index is -2.35. The zero-order chi connectivity index (χ0) is 21.0. The Morgan fingerprint density at radius 1 is 0.690 bits per heavy atom. The standard InChI is InChI=1S/C14H17S2.3C4H9.Sn/c1-2-3-4-5-7-12-9-10-14(16-12)13-8-6-11-15-13;3*1-3-4-2;/h6,9-11H,2-5,7H2,1H3;3*1,3-4H2,2H3;. The van der Waals surface area contributed by atoms with Gasteiger partial charge in [0, 0.05) is 0 Å². The number of hydrogen-bond acceptors (Lipinski definition) is 2. The fraction of sp³-hybridized carbons (Fsp3) is 0.692. The number of aryl methyl sites for hydroxylation is 1. The zero-order valence-electron chi connectivity index (χ0n) is 19.5. The summed E-state index contributed by atoms with van der Waals surface area (Å²) in [6.07, 6.45) is 15.2. The van der Waals surface area contributed by atoms with E-state index in [-0.39, 0.29) is 0 Å². The fourth-order valence-corrected chi connectivity index (χ4v) is 25.4. The average molecular weight is 539 g/mol. The van der Waals surface area contributed by atoms with Gasteiger partial charge in [0.2, 0.25) is 0 Å². The summed E-state index contributed by atoms with van der Waals surface area (Å²) in [5.41, 5.74) is 0. The van der Waals surface area contributed by atoms with Gasteiger partial charge in [-0.05, 0) is 0 Å². The molecular weight excluding hydrogens is 495 g/mol. The van der Waals surface area contributed by atoms with Gasteiger partial charge >= 0.3 is 194 Å². The molecule has 0 N–H and O–H groups in total. The topological polar surface area (TPSA) is 0 Å². The predicted molar refractivity (Wildman–Crippen MR) is 140 cm³/mol. The fourth-order valence-electron chi connectivity index (χ4n) is 4.60. The number of hydrogen-bond donors (Lipinski definition) is 0. The van der Waals surface area contributed by atoms with Crippen LogP contribution in [0.3, 0.4) is 0 Å². The van der Waals surface area contributed by atoms with E-state index in [4.69, 9.17) is 0 Å². The van der Waals surface area contributed by atoms with E-state index < -0.39 is 18.4 Å². The molecule has 0 radical (unpaired) electrons. The van der Waals surface area contributed by atoms with Crippen molar-refractivity contribution < 1.29 is 0 Å². The van der Waals surface area contributed by atoms with Crippen LogP contribution in [0.15, 0.2) is 23.6 Å². The van der Waals surface area contributed by atoms with Crippen molar-refractivity contribution in [2.24, 2.45) is 0 Å². The van der Waals surface area contributed by atoms with E-state index in [1.807, 2.05) is 14.9 Å². The monoisotopic (exact) mass is 540 g/mol. The minimum absolute atomic E-state index is 1.28. The van der Waals surface area contributed by atoms with E-state index in [1.165, 1.54) is 70.6 Å². The van der Waals surface area contributed by atoms with E-state index in [0.29, 0.717) is 0 Å². The van der Waals surface area contributed by atoms with Crippen molar-refractivity contribution in [3.05, 3.63) is 28.5 Å². The second-order valence-corrected chi connectivity index (χ2v) is 24.0. The van der Waals surface area contributed by atoms with Crippen molar-refractivity contribution in [3.8, 4) is 9.75 Å². The van der Waals surface area contributed by atoms with Gasteiger partial charge in [-0.2, -0.15) is 0 Å². The second kappa shape index (κ2) is 14.3. The summed E-state index contributed by atoms with van der Waals surface area (Å²) in [5.74, 6) is 0. The first-order valence-corrected chi connectivity index (χ1v) is 21.6. The number of unbranched alkanes of at least 4 members (excludes halogenated alkanes) is 6. The first-order valence-electron chi connectivity index (χ1n) is 12.4. The van der Waals surface area contributed by atoms with Gasteiger partial charge in [-0.1, -0.05) is 0 Å². The van der Waals surface area contributed by atoms with E-state index in [1.54, 1.807) is 27.9 Å². The van der Waals surface area contributed by atoms with Gasteiger partial charge in [0.1, 0.15) is 0 Å². The van der Waals surface area contributed by atoms with Crippen LogP contribution in [0.4, 0.5) is 0 Å². The number of rotatable bonds is 16. The van der Waals surface area contributed by atoms with Crippen molar-refractivity contribution in [2.45, 2.75) is 112 Å². The van der Waals surface area contributed by atoms with E-state index >= 15 is 0 Å². The maximum absolute atomic E-state index is 2.58. The molecule has 0 saturated carbocycles. The molecule has 0 aliphatic rings. The van der Waals surface area contributed by atoms with Gasteiger partial charge in [0.15, 0.2) is 0 Å². The van der Waals surface area contributed by atoms with Crippen LogP contribution in [-0.2, 0) is 6.42 Å². The molecule has 0 spiro atoms. The van der Waals surface area contributed by atoms with Gasteiger partial charge in [-0.3, -0.25) is 0 Å². The first kappa shape index (κ1) is 25.5. The molecule has 0 aliphatic heterocycles. The molecule has 2 aromatic rings. The van der Waals surface area contributed by atoms with Gasteiger partial charge in [-0.15, -0.1) is 0 Å². The first-order chi connectivity index (χ1) is 14.2. The van der Waals surface area contributed by atoms with Gasteiger partial charge < -0.3 is 0 Å². The van der Waals surface area contributed by atoms with Crippen LogP contribution in [0.25, 0.3) is 9.75 Å². The summed E-state index contributed by atoms with van der Waals surface area (Å²) < 4.78 is 6.61. The Balaban J connectivity index is 2.27. The van der Waals surface area contributed by atoms with Crippen LogP contribution in [-0.4, -0.2) is 18.4 Å². The molecule has 3 heteroatoms. The summed E-state index contributed by atoms with van der Waals surface area (Å²) in [7, 11) is 0.